The number of rotatable bonds is 6. The minimum Gasteiger partial charge on any atom is -0.354 e. The van der Waals surface area contributed by atoms with Crippen LogP contribution in [0.15, 0.2) is 11.3 Å². The van der Waals surface area contributed by atoms with Crippen molar-refractivity contribution in [3.05, 3.63) is 12.2 Å². The molecule has 1 aromatic heterocycles. The summed E-state index contributed by atoms with van der Waals surface area (Å²) in [4.78, 5) is 6.91. The first kappa shape index (κ1) is 21.2. The summed E-state index contributed by atoms with van der Waals surface area (Å²) in [5.74, 6) is 2.06. The first-order valence-corrected chi connectivity index (χ1v) is 8.94. The summed E-state index contributed by atoms with van der Waals surface area (Å²) >= 11 is 0. The summed E-state index contributed by atoms with van der Waals surface area (Å²) in [7, 11) is 1.88. The fraction of sp³-hybridized carbons (Fsp3) is 0.824. The third kappa shape index (κ3) is 5.60. The van der Waals surface area contributed by atoms with Gasteiger partial charge in [-0.3, -0.25) is 4.99 Å². The summed E-state index contributed by atoms with van der Waals surface area (Å²) in [6, 6.07) is 0. The van der Waals surface area contributed by atoms with Crippen LogP contribution in [0, 0.1) is 5.41 Å². The van der Waals surface area contributed by atoms with Crippen LogP contribution in [0.2, 0.25) is 0 Å². The Morgan fingerprint density at radius 1 is 1.42 bits per heavy atom. The third-order valence-electron chi connectivity index (χ3n) is 4.79. The van der Waals surface area contributed by atoms with Crippen LogP contribution in [0.3, 0.4) is 0 Å². The molecule has 1 aliphatic heterocycles. The second-order valence-electron chi connectivity index (χ2n) is 6.85. The van der Waals surface area contributed by atoms with Crippen molar-refractivity contribution in [2.24, 2.45) is 10.4 Å². The van der Waals surface area contributed by atoms with E-state index in [1.807, 2.05) is 13.4 Å². The van der Waals surface area contributed by atoms with E-state index in [0.717, 1.165) is 44.4 Å². The Hall–Kier alpha value is -0.860. The van der Waals surface area contributed by atoms with E-state index in [4.69, 9.17) is 0 Å². The summed E-state index contributed by atoms with van der Waals surface area (Å²) in [5.41, 5.74) is 0.425. The Morgan fingerprint density at radius 2 is 2.21 bits per heavy atom. The van der Waals surface area contributed by atoms with Crippen LogP contribution in [-0.4, -0.2) is 52.3 Å². The molecule has 0 spiro atoms. The highest BCUT2D eigenvalue weighted by Gasteiger charge is 2.31. The molecule has 1 N–H and O–H groups in total. The Labute approximate surface area is 163 Å². The largest absolute Gasteiger partial charge is 0.354 e. The highest BCUT2D eigenvalue weighted by atomic mass is 127. The molecule has 0 aromatic carbocycles. The molecular weight excluding hydrogens is 415 g/mol. The van der Waals surface area contributed by atoms with E-state index in [1.165, 1.54) is 25.7 Å². The molecule has 0 aliphatic carbocycles. The van der Waals surface area contributed by atoms with Crippen LogP contribution in [-0.2, 0) is 13.0 Å². The van der Waals surface area contributed by atoms with E-state index < -0.39 is 0 Å². The molecule has 0 amide bonds. The molecule has 2 rings (SSSR count). The van der Waals surface area contributed by atoms with Gasteiger partial charge in [0.2, 0.25) is 0 Å². The maximum absolute atomic E-state index is 4.49. The van der Waals surface area contributed by atoms with E-state index in [2.05, 4.69) is 50.7 Å². The second kappa shape index (κ2) is 10.2. The van der Waals surface area contributed by atoms with Gasteiger partial charge in [0.05, 0.1) is 0 Å². The Kier molecular flexibility index (Phi) is 9.01. The lowest BCUT2D eigenvalue weighted by Gasteiger charge is -2.42. The predicted molar refractivity (Wildman–Crippen MR) is 110 cm³/mol. The van der Waals surface area contributed by atoms with Gasteiger partial charge in [-0.25, -0.2) is 0 Å². The highest BCUT2D eigenvalue weighted by molar-refractivity contribution is 14.0. The zero-order valence-corrected chi connectivity index (χ0v) is 17.9. The number of nitrogens with zero attached hydrogens (tertiary/aromatic N) is 5. The number of hydrogen-bond donors (Lipinski definition) is 1. The monoisotopic (exact) mass is 448 g/mol. The molecule has 1 unspecified atom stereocenters. The van der Waals surface area contributed by atoms with Crippen molar-refractivity contribution in [3.63, 3.8) is 0 Å². The van der Waals surface area contributed by atoms with Gasteiger partial charge < -0.3 is 14.8 Å². The summed E-state index contributed by atoms with van der Waals surface area (Å²) < 4.78 is 2.11. The van der Waals surface area contributed by atoms with Gasteiger partial charge >= 0.3 is 0 Å². The number of piperidine rings is 1. The van der Waals surface area contributed by atoms with Crippen molar-refractivity contribution in [1.29, 1.82) is 0 Å². The summed E-state index contributed by atoms with van der Waals surface area (Å²) in [5, 5.41) is 11.6. The lowest BCUT2D eigenvalue weighted by molar-refractivity contribution is 0.142. The number of aromatic nitrogens is 3. The van der Waals surface area contributed by atoms with Crippen LogP contribution in [0.1, 0.15) is 52.3 Å². The van der Waals surface area contributed by atoms with Crippen molar-refractivity contribution < 1.29 is 0 Å². The van der Waals surface area contributed by atoms with Crippen LogP contribution in [0.25, 0.3) is 0 Å². The molecule has 1 atom stereocenters. The van der Waals surface area contributed by atoms with E-state index in [-0.39, 0.29) is 24.0 Å². The van der Waals surface area contributed by atoms with Gasteiger partial charge in [-0.1, -0.05) is 27.2 Å². The zero-order chi connectivity index (χ0) is 16.7. The normalized spacial score (nSPS) is 21.5. The quantitative estimate of drug-likeness (QED) is 0.413. The van der Waals surface area contributed by atoms with Gasteiger partial charge in [-0.2, -0.15) is 0 Å². The maximum atomic E-state index is 4.49. The molecule has 0 saturated carbocycles. The van der Waals surface area contributed by atoms with Gasteiger partial charge in [0, 0.05) is 39.6 Å². The topological polar surface area (TPSA) is 58.3 Å². The molecule has 1 fully saturated rings. The Bertz CT molecular complexity index is 511. The molecule has 1 saturated heterocycles. The molecule has 7 heteroatoms. The third-order valence-corrected chi connectivity index (χ3v) is 4.79. The smallest absolute Gasteiger partial charge is 0.193 e. The first-order chi connectivity index (χ1) is 11.1. The average Bonchev–Trinajstić information content (AvgIpc) is 2.99. The molecule has 1 aromatic rings. The van der Waals surface area contributed by atoms with Gasteiger partial charge in [0.1, 0.15) is 12.2 Å². The number of guanidine groups is 1. The SMILES string of the molecule is CCCC1(C)CCCN(C(=NC)NCCn2cnnc2CC)C1.I. The van der Waals surface area contributed by atoms with Crippen LogP contribution >= 0.6 is 24.0 Å². The number of aryl methyl sites for hydroxylation is 1. The minimum absolute atomic E-state index is 0. The molecule has 24 heavy (non-hydrogen) atoms. The average molecular weight is 448 g/mol. The number of likely N-dealkylation sites (tertiary alicyclic amines) is 1. The molecule has 1 aliphatic rings. The minimum atomic E-state index is 0. The Balaban J connectivity index is 0.00000288. The molecule has 6 nitrogen and oxygen atoms in total. The fourth-order valence-electron chi connectivity index (χ4n) is 3.66. The number of hydrogen-bond acceptors (Lipinski definition) is 3. The van der Waals surface area contributed by atoms with Crippen LogP contribution in [0.4, 0.5) is 0 Å². The molecular formula is C17H33IN6. The maximum Gasteiger partial charge on any atom is 0.193 e. The predicted octanol–water partition coefficient (Wildman–Crippen LogP) is 2.94. The van der Waals surface area contributed by atoms with Crippen molar-refractivity contribution in [2.45, 2.75) is 59.4 Å². The van der Waals surface area contributed by atoms with Gasteiger partial charge in [-0.15, -0.1) is 34.2 Å². The molecule has 2 heterocycles. The zero-order valence-electron chi connectivity index (χ0n) is 15.6. The Morgan fingerprint density at radius 3 is 2.88 bits per heavy atom. The van der Waals surface area contributed by atoms with Gasteiger partial charge in [-0.05, 0) is 24.7 Å². The molecule has 0 bridgehead atoms. The van der Waals surface area contributed by atoms with Gasteiger partial charge in [0.25, 0.3) is 0 Å². The van der Waals surface area contributed by atoms with Crippen molar-refractivity contribution in [1.82, 2.24) is 25.0 Å². The standard InChI is InChI=1S/C17H32N6.HI/c1-5-8-17(3)9-7-11-22(13-17)16(18-4)19-10-12-23-14-20-21-15(23)6-2;/h14H,5-13H2,1-4H3,(H,18,19);1H. The van der Waals surface area contributed by atoms with E-state index in [9.17, 15) is 0 Å². The highest BCUT2D eigenvalue weighted by Crippen LogP contribution is 2.33. The molecule has 138 valence electrons. The van der Waals surface area contributed by atoms with Gasteiger partial charge in [0.15, 0.2) is 5.96 Å². The van der Waals surface area contributed by atoms with E-state index in [1.54, 1.807) is 0 Å². The van der Waals surface area contributed by atoms with Crippen LogP contribution in [0.5, 0.6) is 0 Å². The lowest BCUT2D eigenvalue weighted by atomic mass is 9.78. The summed E-state index contributed by atoms with van der Waals surface area (Å²) in [6.07, 6.45) is 7.85. The second-order valence-corrected chi connectivity index (χ2v) is 6.85. The number of nitrogens with one attached hydrogen (secondary N) is 1. The van der Waals surface area contributed by atoms with Crippen molar-refractivity contribution >= 4 is 29.9 Å². The lowest BCUT2D eigenvalue weighted by Crippen LogP contribution is -2.50. The van der Waals surface area contributed by atoms with E-state index in [0.29, 0.717) is 5.41 Å². The van der Waals surface area contributed by atoms with E-state index >= 15 is 0 Å². The summed E-state index contributed by atoms with van der Waals surface area (Å²) in [6.45, 7) is 10.7. The number of halogens is 1. The van der Waals surface area contributed by atoms with Crippen molar-refractivity contribution in [3.8, 4) is 0 Å². The van der Waals surface area contributed by atoms with Crippen LogP contribution < -0.4 is 5.32 Å². The molecule has 0 radical (unpaired) electrons. The van der Waals surface area contributed by atoms with Crippen molar-refractivity contribution in [2.75, 3.05) is 26.7 Å². The first-order valence-electron chi connectivity index (χ1n) is 8.94. The number of aliphatic imine (C=N–C) groups is 1. The fourth-order valence-corrected chi connectivity index (χ4v) is 3.66.